The van der Waals surface area contributed by atoms with Gasteiger partial charge in [0.2, 0.25) is 0 Å². The van der Waals surface area contributed by atoms with Gasteiger partial charge in [-0.1, -0.05) is 37.6 Å². The van der Waals surface area contributed by atoms with Crippen LogP contribution in [0, 0.1) is 0 Å². The van der Waals surface area contributed by atoms with Crippen molar-refractivity contribution in [2.45, 2.75) is 19.3 Å². The van der Waals surface area contributed by atoms with E-state index in [2.05, 4.69) is 0 Å². The lowest BCUT2D eigenvalue weighted by Gasteiger charge is -2.26. The van der Waals surface area contributed by atoms with Crippen LogP contribution in [-0.2, 0) is 10.2 Å². The Morgan fingerprint density at radius 2 is 2.08 bits per heavy atom. The van der Waals surface area contributed by atoms with Crippen molar-refractivity contribution in [2.24, 2.45) is 0 Å². The normalized spacial score (nSPS) is 11.3. The number of carbonyl (C=O) groups excluding carboxylic acids is 1. The van der Waals surface area contributed by atoms with Crippen molar-refractivity contribution >= 4 is 17.6 Å². The van der Waals surface area contributed by atoms with Crippen LogP contribution in [0.5, 0.6) is 0 Å². The number of carboxylic acids is 1. The SMILES string of the molecule is CC(C)(C(=O)[O-])c1cccc(Cl)c1. The zero-order valence-electron chi connectivity index (χ0n) is 7.50. The summed E-state index contributed by atoms with van der Waals surface area (Å²) in [5.74, 6) is -1.10. The van der Waals surface area contributed by atoms with Crippen LogP contribution in [0.4, 0.5) is 0 Å². The van der Waals surface area contributed by atoms with Crippen LogP contribution in [0.3, 0.4) is 0 Å². The van der Waals surface area contributed by atoms with E-state index in [0.29, 0.717) is 10.6 Å². The topological polar surface area (TPSA) is 40.1 Å². The molecule has 0 fully saturated rings. The van der Waals surface area contributed by atoms with Crippen molar-refractivity contribution < 1.29 is 9.90 Å². The third-order valence-corrected chi connectivity index (χ3v) is 2.29. The molecular formula is C10H10ClO2-. The molecule has 0 aliphatic carbocycles. The van der Waals surface area contributed by atoms with Gasteiger partial charge in [-0.05, 0) is 17.7 Å². The predicted molar refractivity (Wildman–Crippen MR) is 49.5 cm³/mol. The van der Waals surface area contributed by atoms with E-state index in [-0.39, 0.29) is 0 Å². The lowest BCUT2D eigenvalue weighted by Crippen LogP contribution is -2.41. The Labute approximate surface area is 82.2 Å². The van der Waals surface area contributed by atoms with Gasteiger partial charge in [0.05, 0.1) is 5.97 Å². The number of carbonyl (C=O) groups is 1. The molecule has 0 saturated heterocycles. The highest BCUT2D eigenvalue weighted by molar-refractivity contribution is 6.30. The fourth-order valence-corrected chi connectivity index (χ4v) is 1.19. The molecule has 0 atom stereocenters. The first-order valence-corrected chi connectivity index (χ1v) is 4.30. The molecule has 0 saturated carbocycles. The van der Waals surface area contributed by atoms with Crippen LogP contribution < -0.4 is 5.11 Å². The maximum atomic E-state index is 10.8. The second kappa shape index (κ2) is 3.38. The Morgan fingerprint density at radius 1 is 1.46 bits per heavy atom. The number of hydrogen-bond donors (Lipinski definition) is 0. The zero-order chi connectivity index (χ0) is 10.1. The van der Waals surface area contributed by atoms with E-state index in [9.17, 15) is 9.90 Å². The average Bonchev–Trinajstić information content (AvgIpc) is 2.04. The average molecular weight is 198 g/mol. The molecule has 0 N–H and O–H groups in total. The monoisotopic (exact) mass is 197 g/mol. The van der Waals surface area contributed by atoms with Gasteiger partial charge in [0.1, 0.15) is 0 Å². The number of benzene rings is 1. The van der Waals surface area contributed by atoms with E-state index < -0.39 is 11.4 Å². The highest BCUT2D eigenvalue weighted by Gasteiger charge is 2.21. The summed E-state index contributed by atoms with van der Waals surface area (Å²) in [5.41, 5.74) is -0.342. The van der Waals surface area contributed by atoms with Gasteiger partial charge in [0.15, 0.2) is 0 Å². The smallest absolute Gasteiger partial charge is 0.0514 e. The summed E-state index contributed by atoms with van der Waals surface area (Å²) >= 11 is 5.74. The lowest BCUT2D eigenvalue weighted by atomic mass is 9.85. The van der Waals surface area contributed by atoms with Gasteiger partial charge in [-0.3, -0.25) is 0 Å². The van der Waals surface area contributed by atoms with Crippen molar-refractivity contribution in [3.63, 3.8) is 0 Å². The van der Waals surface area contributed by atoms with Gasteiger partial charge in [-0.25, -0.2) is 0 Å². The summed E-state index contributed by atoms with van der Waals surface area (Å²) in [6, 6.07) is 6.79. The highest BCUT2D eigenvalue weighted by Crippen LogP contribution is 2.24. The molecule has 0 bridgehead atoms. The van der Waals surface area contributed by atoms with Crippen LogP contribution in [-0.4, -0.2) is 5.97 Å². The van der Waals surface area contributed by atoms with Crippen molar-refractivity contribution in [1.29, 1.82) is 0 Å². The number of aliphatic carboxylic acids is 1. The van der Waals surface area contributed by atoms with Gasteiger partial charge < -0.3 is 9.90 Å². The molecular weight excluding hydrogens is 188 g/mol. The van der Waals surface area contributed by atoms with Crippen LogP contribution in [0.25, 0.3) is 0 Å². The van der Waals surface area contributed by atoms with Gasteiger partial charge in [-0.2, -0.15) is 0 Å². The number of carboxylic acid groups (broad SMARTS) is 1. The number of halogens is 1. The van der Waals surface area contributed by atoms with E-state index in [1.165, 1.54) is 0 Å². The Bertz CT molecular complexity index is 331. The minimum Gasteiger partial charge on any atom is -0.549 e. The maximum absolute atomic E-state index is 10.8. The van der Waals surface area contributed by atoms with Gasteiger partial charge in [-0.15, -0.1) is 0 Å². The Morgan fingerprint density at radius 3 is 2.54 bits per heavy atom. The second-order valence-electron chi connectivity index (χ2n) is 3.42. The summed E-state index contributed by atoms with van der Waals surface area (Å²) < 4.78 is 0. The van der Waals surface area contributed by atoms with E-state index in [1.54, 1.807) is 38.1 Å². The van der Waals surface area contributed by atoms with Crippen molar-refractivity contribution in [1.82, 2.24) is 0 Å². The van der Waals surface area contributed by atoms with Crippen LogP contribution >= 0.6 is 11.6 Å². The highest BCUT2D eigenvalue weighted by atomic mass is 35.5. The molecule has 1 rings (SSSR count). The molecule has 0 amide bonds. The minimum atomic E-state index is -1.10. The standard InChI is InChI=1S/C10H11ClO2/c1-10(2,9(12)13)7-4-3-5-8(11)6-7/h3-6H,1-2H3,(H,12,13)/p-1. The Balaban J connectivity index is 3.14. The molecule has 3 heteroatoms. The van der Waals surface area contributed by atoms with Gasteiger partial charge in [0.25, 0.3) is 0 Å². The molecule has 0 heterocycles. The summed E-state index contributed by atoms with van der Waals surface area (Å²) in [5, 5.41) is 11.3. The molecule has 70 valence electrons. The number of hydrogen-bond acceptors (Lipinski definition) is 2. The first-order chi connectivity index (χ1) is 5.94. The van der Waals surface area contributed by atoms with Crippen LogP contribution in [0.2, 0.25) is 5.02 Å². The zero-order valence-corrected chi connectivity index (χ0v) is 8.26. The fourth-order valence-electron chi connectivity index (χ4n) is 0.995. The van der Waals surface area contributed by atoms with Gasteiger partial charge in [0, 0.05) is 10.4 Å². The molecule has 1 aromatic carbocycles. The third-order valence-electron chi connectivity index (χ3n) is 2.06. The minimum absolute atomic E-state index is 0.534. The molecule has 0 radical (unpaired) electrons. The lowest BCUT2D eigenvalue weighted by molar-refractivity contribution is -0.312. The summed E-state index contributed by atoms with van der Waals surface area (Å²) in [7, 11) is 0. The number of rotatable bonds is 2. The van der Waals surface area contributed by atoms with E-state index in [0.717, 1.165) is 0 Å². The molecule has 2 nitrogen and oxygen atoms in total. The van der Waals surface area contributed by atoms with Crippen LogP contribution in [0.15, 0.2) is 24.3 Å². The molecule has 0 spiro atoms. The first kappa shape index (κ1) is 10.1. The Kier molecular flexibility index (Phi) is 2.62. The van der Waals surface area contributed by atoms with E-state index in [1.807, 2.05) is 0 Å². The molecule has 0 aliphatic heterocycles. The third kappa shape index (κ3) is 2.01. The molecule has 13 heavy (non-hydrogen) atoms. The molecule has 1 aromatic rings. The largest absolute Gasteiger partial charge is 0.549 e. The molecule has 0 aromatic heterocycles. The summed E-state index contributed by atoms with van der Waals surface area (Å²) in [6.45, 7) is 3.18. The summed E-state index contributed by atoms with van der Waals surface area (Å²) in [4.78, 5) is 10.8. The van der Waals surface area contributed by atoms with Crippen LogP contribution in [0.1, 0.15) is 19.4 Å². The van der Waals surface area contributed by atoms with Crippen molar-refractivity contribution in [2.75, 3.05) is 0 Å². The van der Waals surface area contributed by atoms with Crippen molar-refractivity contribution in [3.05, 3.63) is 34.9 Å². The predicted octanol–water partition coefficient (Wildman–Crippen LogP) is 1.37. The van der Waals surface area contributed by atoms with Crippen molar-refractivity contribution in [3.8, 4) is 0 Å². The quantitative estimate of drug-likeness (QED) is 0.719. The van der Waals surface area contributed by atoms with Gasteiger partial charge >= 0.3 is 0 Å². The summed E-state index contributed by atoms with van der Waals surface area (Å²) in [6.07, 6.45) is 0. The van der Waals surface area contributed by atoms with E-state index in [4.69, 9.17) is 11.6 Å². The van der Waals surface area contributed by atoms with E-state index >= 15 is 0 Å². The second-order valence-corrected chi connectivity index (χ2v) is 3.86. The molecule has 0 aliphatic rings. The maximum Gasteiger partial charge on any atom is 0.0514 e. The first-order valence-electron chi connectivity index (χ1n) is 3.92. The fraction of sp³-hybridized carbons (Fsp3) is 0.300. The Hall–Kier alpha value is -1.02. The molecule has 0 unspecified atom stereocenters.